The Hall–Kier alpha value is -1.00. The Morgan fingerprint density at radius 1 is 1.29 bits per heavy atom. The van der Waals surface area contributed by atoms with Gasteiger partial charge >= 0.3 is 0 Å². The van der Waals surface area contributed by atoms with Crippen LogP contribution >= 0.6 is 0 Å². The summed E-state index contributed by atoms with van der Waals surface area (Å²) in [4.78, 5) is 0. The Bertz CT molecular complexity index is 378. The van der Waals surface area contributed by atoms with Gasteiger partial charge in [-0.15, -0.1) is 0 Å². The number of aliphatic hydroxyl groups is 1. The Morgan fingerprint density at radius 3 is 2.47 bits per heavy atom. The molecule has 96 valence electrons. The second-order valence-electron chi connectivity index (χ2n) is 4.76. The summed E-state index contributed by atoms with van der Waals surface area (Å²) in [6.07, 6.45) is 0.441. The fourth-order valence-corrected chi connectivity index (χ4v) is 1.58. The molecule has 0 heterocycles. The summed E-state index contributed by atoms with van der Waals surface area (Å²) >= 11 is 0. The van der Waals surface area contributed by atoms with Gasteiger partial charge in [-0.05, 0) is 37.6 Å². The fourth-order valence-electron chi connectivity index (χ4n) is 1.58. The van der Waals surface area contributed by atoms with Crippen LogP contribution in [0.3, 0.4) is 0 Å². The molecule has 0 aliphatic heterocycles. The monoisotopic (exact) mass is 243 g/mol. The largest absolute Gasteiger partial charge is 0.385 e. The van der Waals surface area contributed by atoms with E-state index in [0.717, 1.165) is 12.1 Å². The Kier molecular flexibility index (Phi) is 4.60. The van der Waals surface area contributed by atoms with Gasteiger partial charge < -0.3 is 10.4 Å². The summed E-state index contributed by atoms with van der Waals surface area (Å²) in [6, 6.07) is 3.82. The molecule has 0 saturated heterocycles. The van der Waals surface area contributed by atoms with Crippen LogP contribution in [0, 0.1) is 11.6 Å². The van der Waals surface area contributed by atoms with Gasteiger partial charge in [0, 0.05) is 6.04 Å². The maximum absolute atomic E-state index is 13.1. The van der Waals surface area contributed by atoms with Crippen molar-refractivity contribution in [3.05, 3.63) is 35.4 Å². The Morgan fingerprint density at radius 2 is 1.94 bits per heavy atom. The zero-order valence-corrected chi connectivity index (χ0v) is 10.4. The predicted octanol–water partition coefficient (Wildman–Crippen LogP) is 2.56. The van der Waals surface area contributed by atoms with Crippen LogP contribution in [0.5, 0.6) is 0 Å². The number of hydrogen-bond acceptors (Lipinski definition) is 2. The van der Waals surface area contributed by atoms with Crippen molar-refractivity contribution in [2.75, 3.05) is 6.54 Å². The molecule has 0 aliphatic rings. The van der Waals surface area contributed by atoms with E-state index in [2.05, 4.69) is 5.32 Å². The van der Waals surface area contributed by atoms with E-state index in [4.69, 9.17) is 0 Å². The van der Waals surface area contributed by atoms with E-state index in [1.54, 1.807) is 6.92 Å². The lowest BCUT2D eigenvalue weighted by Crippen LogP contribution is -2.31. The minimum Gasteiger partial charge on any atom is -0.385 e. The molecule has 1 unspecified atom stereocenters. The molecule has 0 spiro atoms. The first-order valence-corrected chi connectivity index (χ1v) is 5.74. The van der Waals surface area contributed by atoms with Gasteiger partial charge in [-0.25, -0.2) is 8.78 Å². The zero-order chi connectivity index (χ0) is 13.1. The average molecular weight is 243 g/mol. The highest BCUT2D eigenvalue weighted by Crippen LogP contribution is 2.25. The first-order valence-electron chi connectivity index (χ1n) is 5.74. The third-order valence-corrected chi connectivity index (χ3v) is 2.71. The highest BCUT2D eigenvalue weighted by Gasteiger charge is 2.23. The quantitative estimate of drug-likeness (QED) is 0.833. The Labute approximate surface area is 101 Å². The molecule has 0 amide bonds. The molecular weight excluding hydrogens is 224 g/mol. The second-order valence-corrected chi connectivity index (χ2v) is 4.76. The smallest absolute Gasteiger partial charge is 0.159 e. The molecular formula is C13H19F2NO. The minimum absolute atomic E-state index is 0.329. The molecule has 2 nitrogen and oxygen atoms in total. The van der Waals surface area contributed by atoms with Crippen LogP contribution in [-0.4, -0.2) is 17.7 Å². The van der Waals surface area contributed by atoms with Crippen molar-refractivity contribution in [3.8, 4) is 0 Å². The van der Waals surface area contributed by atoms with E-state index in [9.17, 15) is 13.9 Å². The normalized spacial score (nSPS) is 15.0. The second kappa shape index (κ2) is 5.56. The third-order valence-electron chi connectivity index (χ3n) is 2.71. The molecule has 1 rings (SSSR count). The number of nitrogens with one attached hydrogen (secondary N) is 1. The van der Waals surface area contributed by atoms with Crippen LogP contribution in [0.25, 0.3) is 0 Å². The van der Waals surface area contributed by atoms with Gasteiger partial charge in [0.15, 0.2) is 11.6 Å². The summed E-state index contributed by atoms with van der Waals surface area (Å²) in [7, 11) is 0. The maximum atomic E-state index is 13.1. The molecule has 4 heteroatoms. The van der Waals surface area contributed by atoms with Crippen LogP contribution in [0.4, 0.5) is 8.78 Å². The summed E-state index contributed by atoms with van der Waals surface area (Å²) in [5.74, 6) is -1.83. The lowest BCUT2D eigenvalue weighted by atomic mass is 9.92. The highest BCUT2D eigenvalue weighted by atomic mass is 19.2. The van der Waals surface area contributed by atoms with Crippen molar-refractivity contribution in [1.29, 1.82) is 0 Å². The number of benzene rings is 1. The summed E-state index contributed by atoms with van der Waals surface area (Å²) in [5, 5.41) is 13.4. The zero-order valence-electron chi connectivity index (χ0n) is 10.4. The maximum Gasteiger partial charge on any atom is 0.159 e. The van der Waals surface area contributed by atoms with Gasteiger partial charge in [0.05, 0.1) is 5.60 Å². The minimum atomic E-state index is -1.16. The number of rotatable bonds is 5. The molecule has 0 bridgehead atoms. The first-order chi connectivity index (χ1) is 7.83. The van der Waals surface area contributed by atoms with Gasteiger partial charge in [0.25, 0.3) is 0 Å². The topological polar surface area (TPSA) is 32.3 Å². The molecule has 1 atom stereocenters. The van der Waals surface area contributed by atoms with Crippen molar-refractivity contribution in [2.24, 2.45) is 0 Å². The standard InChI is InChI=1S/C13H19F2NO/c1-9(2)16-7-6-13(3,17)10-4-5-11(14)12(15)8-10/h4-5,8-9,16-17H,6-7H2,1-3H3. The van der Waals surface area contributed by atoms with E-state index < -0.39 is 17.2 Å². The molecule has 1 aromatic carbocycles. The van der Waals surface area contributed by atoms with Gasteiger partial charge in [0.1, 0.15) is 0 Å². The molecule has 17 heavy (non-hydrogen) atoms. The SMILES string of the molecule is CC(C)NCCC(C)(O)c1ccc(F)c(F)c1. The van der Waals surface area contributed by atoms with Crippen LogP contribution in [0.2, 0.25) is 0 Å². The highest BCUT2D eigenvalue weighted by molar-refractivity contribution is 5.23. The molecule has 0 aromatic heterocycles. The van der Waals surface area contributed by atoms with E-state index in [0.29, 0.717) is 24.6 Å². The van der Waals surface area contributed by atoms with E-state index in [-0.39, 0.29) is 0 Å². The van der Waals surface area contributed by atoms with Crippen molar-refractivity contribution < 1.29 is 13.9 Å². The van der Waals surface area contributed by atoms with Crippen molar-refractivity contribution in [1.82, 2.24) is 5.32 Å². The number of halogens is 2. The van der Waals surface area contributed by atoms with E-state index in [1.165, 1.54) is 6.07 Å². The summed E-state index contributed by atoms with van der Waals surface area (Å²) in [6.45, 7) is 6.23. The summed E-state index contributed by atoms with van der Waals surface area (Å²) in [5.41, 5.74) is -0.766. The van der Waals surface area contributed by atoms with Crippen LogP contribution in [0.15, 0.2) is 18.2 Å². The molecule has 1 aromatic rings. The molecule has 0 radical (unpaired) electrons. The first kappa shape index (κ1) is 14.1. The van der Waals surface area contributed by atoms with E-state index >= 15 is 0 Å². The molecule has 0 fully saturated rings. The number of hydrogen-bond donors (Lipinski definition) is 2. The van der Waals surface area contributed by atoms with Crippen molar-refractivity contribution in [3.63, 3.8) is 0 Å². The van der Waals surface area contributed by atoms with E-state index in [1.807, 2.05) is 13.8 Å². The molecule has 0 saturated carbocycles. The van der Waals surface area contributed by atoms with Gasteiger partial charge in [-0.1, -0.05) is 19.9 Å². The fraction of sp³-hybridized carbons (Fsp3) is 0.538. The average Bonchev–Trinajstić information content (AvgIpc) is 2.21. The Balaban J connectivity index is 2.71. The lowest BCUT2D eigenvalue weighted by molar-refractivity contribution is 0.0471. The van der Waals surface area contributed by atoms with Crippen LogP contribution < -0.4 is 5.32 Å². The lowest BCUT2D eigenvalue weighted by Gasteiger charge is -2.24. The van der Waals surface area contributed by atoms with Gasteiger partial charge in [-0.2, -0.15) is 0 Å². The van der Waals surface area contributed by atoms with Crippen molar-refractivity contribution in [2.45, 2.75) is 38.8 Å². The molecule has 0 aliphatic carbocycles. The van der Waals surface area contributed by atoms with Crippen LogP contribution in [0.1, 0.15) is 32.8 Å². The molecule has 2 N–H and O–H groups in total. The third kappa shape index (κ3) is 4.06. The van der Waals surface area contributed by atoms with Crippen molar-refractivity contribution >= 4 is 0 Å². The summed E-state index contributed by atoms with van der Waals surface area (Å²) < 4.78 is 25.8. The van der Waals surface area contributed by atoms with Crippen LogP contribution in [-0.2, 0) is 5.60 Å². The predicted molar refractivity (Wildman–Crippen MR) is 63.7 cm³/mol. The van der Waals surface area contributed by atoms with Gasteiger partial charge in [0.2, 0.25) is 0 Å². The van der Waals surface area contributed by atoms with Gasteiger partial charge in [-0.3, -0.25) is 0 Å².